The highest BCUT2D eigenvalue weighted by atomic mass is 16.6. The van der Waals surface area contributed by atoms with Crippen molar-refractivity contribution in [2.24, 2.45) is 0 Å². The smallest absolute Gasteiger partial charge is 0.245 e. The molecule has 2 aromatic heterocycles. The molecular formula is C11H10N6O. The number of benzene rings is 1. The van der Waals surface area contributed by atoms with Crippen molar-refractivity contribution in [3.8, 4) is 0 Å². The molecule has 2 heterocycles. The van der Waals surface area contributed by atoms with E-state index in [1.165, 1.54) is 0 Å². The van der Waals surface area contributed by atoms with Gasteiger partial charge >= 0.3 is 0 Å². The molecule has 0 atom stereocenters. The van der Waals surface area contributed by atoms with E-state index in [1.807, 2.05) is 31.2 Å². The predicted octanol–water partition coefficient (Wildman–Crippen LogP) is 1.65. The number of nitrogens with two attached hydrogens (primary N) is 1. The summed E-state index contributed by atoms with van der Waals surface area (Å²) < 4.78 is 4.54. The summed E-state index contributed by atoms with van der Waals surface area (Å²) in [5.74, 6) is 0.689. The lowest BCUT2D eigenvalue weighted by Gasteiger charge is -2.09. The van der Waals surface area contributed by atoms with Crippen molar-refractivity contribution < 1.29 is 4.63 Å². The molecule has 1 aromatic carbocycles. The fraction of sp³-hybridized carbons (Fsp3) is 0.0909. The number of hydrogen-bond donors (Lipinski definition) is 2. The van der Waals surface area contributed by atoms with Crippen LogP contribution in [0.1, 0.15) is 5.56 Å². The van der Waals surface area contributed by atoms with Crippen LogP contribution in [0.2, 0.25) is 0 Å². The lowest BCUT2D eigenvalue weighted by molar-refractivity contribution is 0.314. The first-order valence-electron chi connectivity index (χ1n) is 5.32. The number of para-hydroxylation sites is 1. The fourth-order valence-corrected chi connectivity index (χ4v) is 1.58. The second-order valence-corrected chi connectivity index (χ2v) is 3.81. The monoisotopic (exact) mass is 242 g/mol. The molecule has 18 heavy (non-hydrogen) atoms. The van der Waals surface area contributed by atoms with Gasteiger partial charge in [-0.25, -0.2) is 14.6 Å². The lowest BCUT2D eigenvalue weighted by atomic mass is 10.2. The number of rotatable bonds is 2. The molecule has 3 aromatic rings. The molecule has 7 heteroatoms. The van der Waals surface area contributed by atoms with Crippen LogP contribution in [0.5, 0.6) is 0 Å². The summed E-state index contributed by atoms with van der Waals surface area (Å²) in [4.78, 5) is 8.25. The molecule has 3 N–H and O–H groups in total. The highest BCUT2D eigenvalue weighted by Gasteiger charge is 2.10. The van der Waals surface area contributed by atoms with Crippen LogP contribution >= 0.6 is 0 Å². The second-order valence-electron chi connectivity index (χ2n) is 3.81. The Labute approximate surface area is 102 Å². The highest BCUT2D eigenvalue weighted by Crippen LogP contribution is 2.23. The molecule has 7 nitrogen and oxygen atoms in total. The van der Waals surface area contributed by atoms with E-state index in [-0.39, 0.29) is 5.82 Å². The van der Waals surface area contributed by atoms with E-state index in [9.17, 15) is 0 Å². The van der Waals surface area contributed by atoms with Gasteiger partial charge in [-0.3, -0.25) is 0 Å². The minimum atomic E-state index is 0.251. The van der Waals surface area contributed by atoms with Crippen LogP contribution in [-0.2, 0) is 0 Å². The lowest BCUT2D eigenvalue weighted by Crippen LogP contribution is -2.03. The maximum atomic E-state index is 5.80. The summed E-state index contributed by atoms with van der Waals surface area (Å²) in [7, 11) is 0. The average molecular weight is 242 g/mol. The van der Waals surface area contributed by atoms with Crippen molar-refractivity contribution in [1.29, 1.82) is 0 Å². The van der Waals surface area contributed by atoms with Crippen molar-refractivity contribution in [1.82, 2.24) is 20.3 Å². The van der Waals surface area contributed by atoms with Gasteiger partial charge < -0.3 is 11.1 Å². The topological polar surface area (TPSA) is 103 Å². The number of hydrogen-bond acceptors (Lipinski definition) is 7. The largest absolute Gasteiger partial charge is 0.381 e. The minimum Gasteiger partial charge on any atom is -0.381 e. The van der Waals surface area contributed by atoms with Gasteiger partial charge in [-0.05, 0) is 28.9 Å². The molecule has 0 amide bonds. The van der Waals surface area contributed by atoms with Gasteiger partial charge in [0.15, 0.2) is 11.6 Å². The molecule has 0 fully saturated rings. The first-order valence-corrected chi connectivity index (χ1v) is 5.32. The molecule has 0 saturated carbocycles. The molecule has 0 unspecified atom stereocenters. The Bertz CT molecular complexity index is 708. The molecule has 90 valence electrons. The number of anilines is 3. The summed E-state index contributed by atoms with van der Waals surface area (Å²) in [6.45, 7) is 1.99. The minimum absolute atomic E-state index is 0.251. The first-order chi connectivity index (χ1) is 8.74. The van der Waals surface area contributed by atoms with E-state index in [1.54, 1.807) is 0 Å². The quantitative estimate of drug-likeness (QED) is 0.704. The van der Waals surface area contributed by atoms with Crippen molar-refractivity contribution >= 4 is 28.6 Å². The zero-order valence-electron chi connectivity index (χ0n) is 9.58. The van der Waals surface area contributed by atoms with Crippen molar-refractivity contribution in [3.63, 3.8) is 0 Å². The third-order valence-electron chi connectivity index (χ3n) is 2.54. The van der Waals surface area contributed by atoms with Gasteiger partial charge in [-0.15, -0.1) is 0 Å². The average Bonchev–Trinajstić information content (AvgIpc) is 2.79. The molecule has 0 aliphatic carbocycles. The van der Waals surface area contributed by atoms with Crippen LogP contribution in [-0.4, -0.2) is 20.3 Å². The van der Waals surface area contributed by atoms with Crippen LogP contribution in [0.4, 0.5) is 17.3 Å². The SMILES string of the molecule is Cc1ccccc1Nc1nc2nonc2nc1N. The van der Waals surface area contributed by atoms with E-state index >= 15 is 0 Å². The van der Waals surface area contributed by atoms with E-state index in [0.29, 0.717) is 17.1 Å². The molecule has 0 spiro atoms. The highest BCUT2D eigenvalue weighted by molar-refractivity contribution is 5.75. The van der Waals surface area contributed by atoms with Gasteiger partial charge in [0, 0.05) is 5.69 Å². The number of nitrogen functional groups attached to an aromatic ring is 1. The van der Waals surface area contributed by atoms with Gasteiger partial charge in [-0.1, -0.05) is 18.2 Å². The zero-order valence-corrected chi connectivity index (χ0v) is 9.58. The first kappa shape index (κ1) is 10.5. The van der Waals surface area contributed by atoms with Gasteiger partial charge in [0.25, 0.3) is 0 Å². The van der Waals surface area contributed by atoms with Crippen LogP contribution in [0.3, 0.4) is 0 Å². The summed E-state index contributed by atoms with van der Waals surface area (Å²) in [5, 5.41) is 10.3. The Kier molecular flexibility index (Phi) is 2.30. The van der Waals surface area contributed by atoms with E-state index in [0.717, 1.165) is 11.3 Å². The number of fused-ring (bicyclic) bond motifs is 1. The Hall–Kier alpha value is -2.70. The Morgan fingerprint density at radius 1 is 1.11 bits per heavy atom. The standard InChI is InChI=1S/C11H10N6O/c1-6-4-2-3-5-7(6)13-9-8(12)14-10-11(15-9)17-18-16-10/h2-5H,1H3,(H2,12,14,16)(H,13,15,17). The number of aromatic nitrogens is 4. The molecule has 0 saturated heterocycles. The van der Waals surface area contributed by atoms with Gasteiger partial charge in [-0.2, -0.15) is 0 Å². The van der Waals surface area contributed by atoms with Crippen LogP contribution < -0.4 is 11.1 Å². The van der Waals surface area contributed by atoms with Gasteiger partial charge in [0.2, 0.25) is 11.3 Å². The predicted molar refractivity (Wildman–Crippen MR) is 66.3 cm³/mol. The summed E-state index contributed by atoms with van der Waals surface area (Å²) >= 11 is 0. The summed E-state index contributed by atoms with van der Waals surface area (Å²) in [5.41, 5.74) is 8.40. The number of aryl methyl sites for hydroxylation is 1. The zero-order chi connectivity index (χ0) is 12.5. The van der Waals surface area contributed by atoms with E-state index in [4.69, 9.17) is 5.73 Å². The van der Waals surface area contributed by atoms with Crippen LogP contribution in [0, 0.1) is 6.92 Å². The van der Waals surface area contributed by atoms with Crippen molar-refractivity contribution in [2.45, 2.75) is 6.92 Å². The molecule has 0 bridgehead atoms. The van der Waals surface area contributed by atoms with E-state index in [2.05, 4.69) is 30.2 Å². The second kappa shape index (κ2) is 3.95. The summed E-state index contributed by atoms with van der Waals surface area (Å²) in [6, 6.07) is 7.80. The summed E-state index contributed by atoms with van der Waals surface area (Å²) in [6.07, 6.45) is 0. The Balaban J connectivity index is 2.04. The molecule has 0 aliphatic rings. The van der Waals surface area contributed by atoms with Crippen molar-refractivity contribution in [3.05, 3.63) is 29.8 Å². The third kappa shape index (κ3) is 1.71. The van der Waals surface area contributed by atoms with Crippen LogP contribution in [0.25, 0.3) is 11.3 Å². The normalized spacial score (nSPS) is 10.7. The fourth-order valence-electron chi connectivity index (χ4n) is 1.58. The molecule has 0 radical (unpaired) electrons. The molecule has 0 aliphatic heterocycles. The number of nitrogens with one attached hydrogen (secondary N) is 1. The van der Waals surface area contributed by atoms with Crippen LogP contribution in [0.15, 0.2) is 28.9 Å². The maximum Gasteiger partial charge on any atom is 0.245 e. The molecule has 3 rings (SSSR count). The van der Waals surface area contributed by atoms with Gasteiger partial charge in [0.05, 0.1) is 0 Å². The maximum absolute atomic E-state index is 5.80. The van der Waals surface area contributed by atoms with E-state index < -0.39 is 0 Å². The Morgan fingerprint density at radius 3 is 2.61 bits per heavy atom. The van der Waals surface area contributed by atoms with Crippen molar-refractivity contribution in [2.75, 3.05) is 11.1 Å². The Morgan fingerprint density at radius 2 is 1.83 bits per heavy atom. The van der Waals surface area contributed by atoms with Gasteiger partial charge in [0.1, 0.15) is 0 Å². The third-order valence-corrected chi connectivity index (χ3v) is 2.54. The molecular weight excluding hydrogens is 232 g/mol. The number of nitrogens with zero attached hydrogens (tertiary/aromatic N) is 4.